The first-order valence-electron chi connectivity index (χ1n) is 15.6. The van der Waals surface area contributed by atoms with Gasteiger partial charge in [-0.3, -0.25) is 0 Å². The lowest BCUT2D eigenvalue weighted by Gasteiger charge is -2.39. The van der Waals surface area contributed by atoms with Gasteiger partial charge in [0.1, 0.15) is 0 Å². The number of anilines is 3. The fourth-order valence-electron chi connectivity index (χ4n) is 5.74. The molecule has 0 saturated carbocycles. The zero-order valence-corrected chi connectivity index (χ0v) is 27.9. The van der Waals surface area contributed by atoms with Crippen LogP contribution in [0.2, 0.25) is 0 Å². The zero-order valence-electron chi connectivity index (χ0n) is 27.9. The van der Waals surface area contributed by atoms with Gasteiger partial charge in [0, 0.05) is 39.5 Å². The number of nitrogens with two attached hydrogens (primary N) is 1. The lowest BCUT2D eigenvalue weighted by atomic mass is 9.95. The van der Waals surface area contributed by atoms with Crippen molar-refractivity contribution in [1.82, 2.24) is 0 Å². The summed E-state index contributed by atoms with van der Waals surface area (Å²) in [5.41, 5.74) is 17.5. The van der Waals surface area contributed by atoms with E-state index < -0.39 is 0 Å². The van der Waals surface area contributed by atoms with Crippen molar-refractivity contribution in [3.05, 3.63) is 150 Å². The summed E-state index contributed by atoms with van der Waals surface area (Å²) >= 11 is 0. The third-order valence-electron chi connectivity index (χ3n) is 7.86. The van der Waals surface area contributed by atoms with Crippen LogP contribution < -0.4 is 15.5 Å². The van der Waals surface area contributed by atoms with Gasteiger partial charge < -0.3 is 15.5 Å². The van der Waals surface area contributed by atoms with E-state index in [2.05, 4.69) is 167 Å². The van der Waals surface area contributed by atoms with Crippen molar-refractivity contribution >= 4 is 17.1 Å². The summed E-state index contributed by atoms with van der Waals surface area (Å²) in [6.45, 7) is 21.2. The quantitative estimate of drug-likeness (QED) is 0.254. The molecular weight excluding hydrogens is 534 g/mol. The van der Waals surface area contributed by atoms with Gasteiger partial charge in [-0.1, -0.05) is 61.2 Å². The minimum Gasteiger partial charge on any atom is -0.336 e. The second kappa shape index (κ2) is 13.5. The van der Waals surface area contributed by atoms with Crippen molar-refractivity contribution in [3.63, 3.8) is 0 Å². The van der Waals surface area contributed by atoms with Crippen molar-refractivity contribution in [2.45, 2.75) is 72.9 Å². The molecule has 0 aromatic heterocycles. The van der Waals surface area contributed by atoms with Crippen molar-refractivity contribution in [1.29, 1.82) is 0 Å². The van der Waals surface area contributed by atoms with Gasteiger partial charge in [0.2, 0.25) is 0 Å². The van der Waals surface area contributed by atoms with Crippen LogP contribution in [-0.4, -0.2) is 5.54 Å². The number of aryl methyl sites for hydroxylation is 2. The van der Waals surface area contributed by atoms with E-state index >= 15 is 0 Å². The first-order valence-corrected chi connectivity index (χ1v) is 15.6. The van der Waals surface area contributed by atoms with Crippen molar-refractivity contribution in [2.24, 2.45) is 5.73 Å². The largest absolute Gasteiger partial charge is 0.336 e. The molecule has 4 rings (SSSR count). The van der Waals surface area contributed by atoms with Gasteiger partial charge in [-0.05, 0) is 150 Å². The monoisotopic (exact) mass is 583 g/mol. The third-order valence-corrected chi connectivity index (χ3v) is 7.86. The molecule has 0 radical (unpaired) electrons. The zero-order chi connectivity index (χ0) is 32.1. The van der Waals surface area contributed by atoms with E-state index in [0.29, 0.717) is 0 Å². The first kappa shape index (κ1) is 32.6. The lowest BCUT2D eigenvalue weighted by Crippen LogP contribution is -2.40. The van der Waals surface area contributed by atoms with Crippen molar-refractivity contribution in [2.75, 3.05) is 9.80 Å². The molecule has 3 aromatic rings. The highest BCUT2D eigenvalue weighted by molar-refractivity contribution is 5.78. The summed E-state index contributed by atoms with van der Waals surface area (Å²) in [7, 11) is 0. The Bertz CT molecular complexity index is 1630. The third kappa shape index (κ3) is 7.41. The molecule has 0 fully saturated rings. The van der Waals surface area contributed by atoms with Gasteiger partial charge in [-0.2, -0.15) is 0 Å². The van der Waals surface area contributed by atoms with E-state index in [4.69, 9.17) is 5.73 Å². The van der Waals surface area contributed by atoms with Crippen LogP contribution in [-0.2, 0) is 5.54 Å². The highest BCUT2D eigenvalue weighted by Crippen LogP contribution is 2.38. The number of rotatable bonds is 9. The summed E-state index contributed by atoms with van der Waals surface area (Å²) in [4.78, 5) is 4.72. The normalized spacial score (nSPS) is 14.0. The maximum atomic E-state index is 6.40. The van der Waals surface area contributed by atoms with E-state index in [0.717, 1.165) is 34.8 Å². The van der Waals surface area contributed by atoms with Gasteiger partial charge >= 0.3 is 0 Å². The van der Waals surface area contributed by atoms with Crippen LogP contribution in [0.1, 0.15) is 64.7 Å². The number of benzene rings is 3. The van der Waals surface area contributed by atoms with Crippen LogP contribution in [0.15, 0.2) is 133 Å². The fraction of sp³-hybridized carbons (Fsp3) is 0.268. The number of hydrogen-bond acceptors (Lipinski definition) is 3. The average molecular weight is 584 g/mol. The Hall–Kier alpha value is -4.34. The Labute approximate surface area is 266 Å². The van der Waals surface area contributed by atoms with Crippen molar-refractivity contribution < 1.29 is 0 Å². The summed E-state index contributed by atoms with van der Waals surface area (Å²) in [6.07, 6.45) is 20.0. The first-order chi connectivity index (χ1) is 20.8. The molecule has 0 spiro atoms. The predicted octanol–water partition coefficient (Wildman–Crippen LogP) is 11.0. The van der Waals surface area contributed by atoms with Crippen molar-refractivity contribution in [3.8, 4) is 11.1 Å². The van der Waals surface area contributed by atoms with Crippen LogP contribution >= 0.6 is 0 Å². The van der Waals surface area contributed by atoms with Gasteiger partial charge in [0.15, 0.2) is 0 Å². The molecule has 1 aliphatic carbocycles. The molecule has 2 N–H and O–H groups in total. The Morgan fingerprint density at radius 3 is 1.98 bits per heavy atom. The standard InChI is InChI=1S/C41H49N3/c1-10-16-37(17-11-2)44(40(5,6)7)39-27-21-33(29-31(39)4)32-20-26-38(30(3)28-32)43(35-18-14-12-13-15-19-35)36-24-22-34(23-25-36)41(8,9)42/h10-12,14-29H,1,13,42H2,2-9H3/b17-11-,37-16+. The molecule has 0 saturated heterocycles. The fourth-order valence-corrected chi connectivity index (χ4v) is 5.74. The second-order valence-electron chi connectivity index (χ2n) is 13.1. The Morgan fingerprint density at radius 2 is 1.45 bits per heavy atom. The SMILES string of the molecule is C=C/C=C(\C=C/C)N(c1ccc(-c2ccc(N(C3=CC=CCC=C3)c3ccc(C(C)(C)N)cc3)c(C)c2)cc1C)C(C)(C)C. The summed E-state index contributed by atoms with van der Waals surface area (Å²) < 4.78 is 0. The smallest absolute Gasteiger partial charge is 0.0491 e. The predicted molar refractivity (Wildman–Crippen MR) is 193 cm³/mol. The van der Waals surface area contributed by atoms with Gasteiger partial charge in [-0.15, -0.1) is 0 Å². The van der Waals surface area contributed by atoms with E-state index in [1.54, 1.807) is 0 Å². The molecule has 228 valence electrons. The molecule has 0 heterocycles. The maximum absolute atomic E-state index is 6.40. The molecule has 0 unspecified atom stereocenters. The summed E-state index contributed by atoms with van der Waals surface area (Å²) in [6, 6.07) is 22.2. The number of nitrogens with zero attached hydrogens (tertiary/aromatic N) is 2. The minimum atomic E-state index is -0.390. The van der Waals surface area contributed by atoms with Gasteiger partial charge in [-0.25, -0.2) is 0 Å². The molecule has 0 atom stereocenters. The topological polar surface area (TPSA) is 32.5 Å². The minimum absolute atomic E-state index is 0.114. The second-order valence-corrected chi connectivity index (χ2v) is 13.1. The van der Waals surface area contributed by atoms with Crippen LogP contribution in [0.3, 0.4) is 0 Å². The molecule has 3 nitrogen and oxygen atoms in total. The number of allylic oxidation sites excluding steroid dienone is 9. The van der Waals surface area contributed by atoms with Gasteiger partial charge in [0.25, 0.3) is 0 Å². The molecule has 0 bridgehead atoms. The molecular formula is C41H49N3. The van der Waals surface area contributed by atoms with Crippen LogP contribution in [0.25, 0.3) is 11.1 Å². The highest BCUT2D eigenvalue weighted by atomic mass is 15.2. The van der Waals surface area contributed by atoms with E-state index in [9.17, 15) is 0 Å². The molecule has 0 amide bonds. The molecule has 44 heavy (non-hydrogen) atoms. The van der Waals surface area contributed by atoms with Crippen LogP contribution in [0.4, 0.5) is 17.1 Å². The van der Waals surface area contributed by atoms with E-state index in [-0.39, 0.29) is 11.1 Å². The summed E-state index contributed by atoms with van der Waals surface area (Å²) in [5, 5.41) is 0. The Balaban J connectivity index is 1.76. The molecule has 3 aromatic carbocycles. The Kier molecular flexibility index (Phi) is 10.0. The molecule has 3 heteroatoms. The molecule has 1 aliphatic rings. The van der Waals surface area contributed by atoms with Crippen LogP contribution in [0.5, 0.6) is 0 Å². The average Bonchev–Trinajstić information content (AvgIpc) is 3.24. The van der Waals surface area contributed by atoms with E-state index in [1.165, 1.54) is 27.9 Å². The van der Waals surface area contributed by atoms with Crippen LogP contribution in [0, 0.1) is 13.8 Å². The molecule has 0 aliphatic heterocycles. The number of hydrogen-bond donors (Lipinski definition) is 1. The Morgan fingerprint density at radius 1 is 0.841 bits per heavy atom. The van der Waals surface area contributed by atoms with Gasteiger partial charge in [0.05, 0.1) is 0 Å². The maximum Gasteiger partial charge on any atom is 0.0491 e. The summed E-state index contributed by atoms with van der Waals surface area (Å²) in [5.74, 6) is 0. The lowest BCUT2D eigenvalue weighted by molar-refractivity contribution is 0.545. The highest BCUT2D eigenvalue weighted by Gasteiger charge is 2.26. The van der Waals surface area contributed by atoms with E-state index in [1.807, 2.05) is 19.9 Å².